The Morgan fingerprint density at radius 3 is 2.56 bits per heavy atom. The predicted molar refractivity (Wildman–Crippen MR) is 125 cm³/mol. The highest BCUT2D eigenvalue weighted by atomic mass is 127. The average molecular weight is 488 g/mol. The number of guanidine groups is 1. The summed E-state index contributed by atoms with van der Waals surface area (Å²) in [6, 6.07) is 8.70. The monoisotopic (exact) mass is 488 g/mol. The zero-order valence-corrected chi connectivity index (χ0v) is 19.7. The Labute approximate surface area is 182 Å². The van der Waals surface area contributed by atoms with Gasteiger partial charge in [-0.25, -0.2) is 4.99 Å². The second-order valence-electron chi connectivity index (χ2n) is 6.96. The highest BCUT2D eigenvalue weighted by molar-refractivity contribution is 14.0. The lowest BCUT2D eigenvalue weighted by Gasteiger charge is -2.22. The molecule has 1 atom stereocenters. The number of methoxy groups -OCH3 is 1. The number of likely N-dealkylation sites (tertiary alicyclic amines) is 1. The smallest absolute Gasteiger partial charge is 0.194 e. The summed E-state index contributed by atoms with van der Waals surface area (Å²) in [5.74, 6) is 1.64. The summed E-state index contributed by atoms with van der Waals surface area (Å²) < 4.78 is 5.33. The molecule has 1 aliphatic rings. The van der Waals surface area contributed by atoms with Gasteiger partial charge in [0.15, 0.2) is 5.96 Å². The molecule has 0 spiro atoms. The van der Waals surface area contributed by atoms with Gasteiger partial charge >= 0.3 is 0 Å². The second-order valence-corrected chi connectivity index (χ2v) is 6.96. The molecule has 2 rings (SSSR count). The molecule has 1 aromatic rings. The van der Waals surface area contributed by atoms with Gasteiger partial charge in [-0.15, -0.1) is 24.0 Å². The number of hydrogen-bond donors (Lipinski definition) is 1. The van der Waals surface area contributed by atoms with Gasteiger partial charge in [-0.3, -0.25) is 4.90 Å². The van der Waals surface area contributed by atoms with Crippen LogP contribution in [0.5, 0.6) is 0 Å². The fourth-order valence-corrected chi connectivity index (χ4v) is 3.54. The number of halogens is 1. The molecule has 27 heavy (non-hydrogen) atoms. The summed E-state index contributed by atoms with van der Waals surface area (Å²) in [6.45, 7) is 14.3. The van der Waals surface area contributed by atoms with Gasteiger partial charge in [0.25, 0.3) is 0 Å². The van der Waals surface area contributed by atoms with Crippen molar-refractivity contribution >= 4 is 29.9 Å². The van der Waals surface area contributed by atoms with Crippen LogP contribution in [-0.2, 0) is 17.8 Å². The lowest BCUT2D eigenvalue weighted by atomic mass is 10.1. The van der Waals surface area contributed by atoms with E-state index in [4.69, 9.17) is 9.73 Å². The SMILES string of the molecule is CCNC(=NCc1ccccc1CN(CC)CC)N1CCC(COC)C1.I. The van der Waals surface area contributed by atoms with E-state index in [1.807, 2.05) is 0 Å². The van der Waals surface area contributed by atoms with Gasteiger partial charge in [-0.2, -0.15) is 0 Å². The predicted octanol–water partition coefficient (Wildman–Crippen LogP) is 3.58. The summed E-state index contributed by atoms with van der Waals surface area (Å²) in [6.07, 6.45) is 1.18. The second kappa shape index (κ2) is 13.3. The minimum absolute atomic E-state index is 0. The van der Waals surface area contributed by atoms with E-state index in [-0.39, 0.29) is 24.0 Å². The van der Waals surface area contributed by atoms with Gasteiger partial charge in [0.1, 0.15) is 0 Å². The van der Waals surface area contributed by atoms with Crippen LogP contribution in [0.4, 0.5) is 0 Å². The summed E-state index contributed by atoms with van der Waals surface area (Å²) in [5, 5.41) is 3.46. The molecule has 1 saturated heterocycles. The Morgan fingerprint density at radius 2 is 1.93 bits per heavy atom. The van der Waals surface area contributed by atoms with E-state index in [1.165, 1.54) is 17.5 Å². The minimum atomic E-state index is 0. The molecule has 0 saturated carbocycles. The maximum atomic E-state index is 5.33. The largest absolute Gasteiger partial charge is 0.384 e. The van der Waals surface area contributed by atoms with Gasteiger partial charge in [0.2, 0.25) is 0 Å². The van der Waals surface area contributed by atoms with Gasteiger partial charge < -0.3 is 15.0 Å². The first-order valence-corrected chi connectivity index (χ1v) is 10.0. The van der Waals surface area contributed by atoms with Crippen molar-refractivity contribution in [2.45, 2.75) is 40.3 Å². The van der Waals surface area contributed by atoms with Crippen LogP contribution in [-0.4, -0.2) is 62.2 Å². The lowest BCUT2D eigenvalue weighted by molar-refractivity contribution is 0.157. The van der Waals surface area contributed by atoms with E-state index in [2.05, 4.69) is 60.2 Å². The van der Waals surface area contributed by atoms with Crippen LogP contribution in [0.25, 0.3) is 0 Å². The van der Waals surface area contributed by atoms with Crippen molar-refractivity contribution in [3.63, 3.8) is 0 Å². The quantitative estimate of drug-likeness (QED) is 0.328. The van der Waals surface area contributed by atoms with Gasteiger partial charge in [0.05, 0.1) is 13.2 Å². The third-order valence-electron chi connectivity index (χ3n) is 5.13. The minimum Gasteiger partial charge on any atom is -0.384 e. The van der Waals surface area contributed by atoms with Crippen LogP contribution in [0.15, 0.2) is 29.3 Å². The van der Waals surface area contributed by atoms with Crippen LogP contribution in [0, 0.1) is 5.92 Å². The molecule has 0 aromatic heterocycles. The van der Waals surface area contributed by atoms with Crippen LogP contribution in [0.1, 0.15) is 38.3 Å². The van der Waals surface area contributed by atoms with Crippen LogP contribution in [0.3, 0.4) is 0 Å². The zero-order chi connectivity index (χ0) is 18.8. The number of ether oxygens (including phenoxy) is 1. The molecule has 0 amide bonds. The van der Waals surface area contributed by atoms with Gasteiger partial charge in [-0.05, 0) is 37.6 Å². The van der Waals surface area contributed by atoms with Crippen LogP contribution >= 0.6 is 24.0 Å². The molecule has 1 unspecified atom stereocenters. The third-order valence-corrected chi connectivity index (χ3v) is 5.13. The maximum Gasteiger partial charge on any atom is 0.194 e. The molecular weight excluding hydrogens is 451 g/mol. The van der Waals surface area contributed by atoms with Crippen LogP contribution < -0.4 is 5.32 Å². The van der Waals surface area contributed by atoms with Crippen molar-refractivity contribution in [2.75, 3.05) is 46.4 Å². The molecule has 5 nitrogen and oxygen atoms in total. The van der Waals surface area contributed by atoms with E-state index >= 15 is 0 Å². The van der Waals surface area contributed by atoms with Crippen molar-refractivity contribution in [1.29, 1.82) is 0 Å². The van der Waals surface area contributed by atoms with Crippen molar-refractivity contribution < 1.29 is 4.74 Å². The lowest BCUT2D eigenvalue weighted by Crippen LogP contribution is -2.40. The van der Waals surface area contributed by atoms with E-state index in [0.29, 0.717) is 5.92 Å². The number of nitrogens with one attached hydrogen (secondary N) is 1. The average Bonchev–Trinajstić information content (AvgIpc) is 3.12. The highest BCUT2D eigenvalue weighted by Gasteiger charge is 2.24. The Kier molecular flexibility index (Phi) is 11.9. The van der Waals surface area contributed by atoms with E-state index in [0.717, 1.165) is 58.4 Å². The fourth-order valence-electron chi connectivity index (χ4n) is 3.54. The Hall–Kier alpha value is -0.860. The normalized spacial score (nSPS) is 17.3. The first kappa shape index (κ1) is 24.2. The molecule has 0 radical (unpaired) electrons. The summed E-state index contributed by atoms with van der Waals surface area (Å²) in [7, 11) is 1.79. The van der Waals surface area contributed by atoms with E-state index in [9.17, 15) is 0 Å². The topological polar surface area (TPSA) is 40.1 Å². The van der Waals surface area contributed by atoms with Crippen molar-refractivity contribution in [3.05, 3.63) is 35.4 Å². The molecule has 0 bridgehead atoms. The summed E-state index contributed by atoms with van der Waals surface area (Å²) >= 11 is 0. The first-order valence-electron chi connectivity index (χ1n) is 10.0. The maximum absolute atomic E-state index is 5.33. The summed E-state index contributed by atoms with van der Waals surface area (Å²) in [4.78, 5) is 9.78. The molecule has 1 aromatic carbocycles. The molecule has 6 heteroatoms. The highest BCUT2D eigenvalue weighted by Crippen LogP contribution is 2.17. The van der Waals surface area contributed by atoms with E-state index < -0.39 is 0 Å². The summed E-state index contributed by atoms with van der Waals surface area (Å²) in [5.41, 5.74) is 2.71. The van der Waals surface area contributed by atoms with Crippen molar-refractivity contribution in [2.24, 2.45) is 10.9 Å². The zero-order valence-electron chi connectivity index (χ0n) is 17.4. The first-order chi connectivity index (χ1) is 12.7. The Morgan fingerprint density at radius 1 is 1.22 bits per heavy atom. The molecule has 1 N–H and O–H groups in total. The molecule has 154 valence electrons. The fraction of sp³-hybridized carbons (Fsp3) is 0.667. The standard InChI is InChI=1S/C21H36N4O.HI/c1-5-22-21(25-13-12-18(15-25)17-26-4)23-14-19-10-8-9-11-20(19)16-24(6-2)7-3;/h8-11,18H,5-7,12-17H2,1-4H3,(H,22,23);1H. The number of benzene rings is 1. The van der Waals surface area contributed by atoms with Gasteiger partial charge in [0, 0.05) is 39.2 Å². The molecule has 1 fully saturated rings. The van der Waals surface area contributed by atoms with Gasteiger partial charge in [-0.1, -0.05) is 38.1 Å². The number of aliphatic imine (C=N–C) groups is 1. The third kappa shape index (κ3) is 7.58. The number of nitrogens with zero attached hydrogens (tertiary/aromatic N) is 3. The Bertz CT molecular complexity index is 563. The number of hydrogen-bond acceptors (Lipinski definition) is 3. The molecule has 0 aliphatic carbocycles. The van der Waals surface area contributed by atoms with Crippen molar-refractivity contribution in [1.82, 2.24) is 15.1 Å². The molecular formula is C21H37IN4O. The molecule has 1 heterocycles. The number of rotatable bonds is 9. The van der Waals surface area contributed by atoms with Crippen LogP contribution in [0.2, 0.25) is 0 Å². The Balaban J connectivity index is 0.00000364. The van der Waals surface area contributed by atoms with E-state index in [1.54, 1.807) is 7.11 Å². The molecule has 1 aliphatic heterocycles. The van der Waals surface area contributed by atoms with Crippen molar-refractivity contribution in [3.8, 4) is 0 Å².